The van der Waals surface area contributed by atoms with Gasteiger partial charge in [-0.3, -0.25) is 9.69 Å². The van der Waals surface area contributed by atoms with Crippen LogP contribution >= 0.6 is 12.4 Å². The Morgan fingerprint density at radius 3 is 2.58 bits per heavy atom. The molecule has 6 nitrogen and oxygen atoms in total. The summed E-state index contributed by atoms with van der Waals surface area (Å²) in [4.78, 5) is 28.9. The predicted octanol–water partition coefficient (Wildman–Crippen LogP) is 3.94. The number of nitrogens with zero attached hydrogens (tertiary/aromatic N) is 2. The van der Waals surface area contributed by atoms with E-state index in [4.69, 9.17) is 4.74 Å². The van der Waals surface area contributed by atoms with Gasteiger partial charge in [0.2, 0.25) is 0 Å². The lowest BCUT2D eigenvalue weighted by Crippen LogP contribution is -2.54. The number of esters is 1. The van der Waals surface area contributed by atoms with Crippen LogP contribution in [0.1, 0.15) is 56.1 Å². The number of methoxy groups -OCH3 is 1. The lowest BCUT2D eigenvalue weighted by atomic mass is 9.82. The summed E-state index contributed by atoms with van der Waals surface area (Å²) in [7, 11) is 1.45. The van der Waals surface area contributed by atoms with Crippen molar-refractivity contribution in [1.82, 2.24) is 10.2 Å². The van der Waals surface area contributed by atoms with Gasteiger partial charge in [0, 0.05) is 31.2 Å². The van der Waals surface area contributed by atoms with Gasteiger partial charge in [0.25, 0.3) is 0 Å². The fourth-order valence-corrected chi connectivity index (χ4v) is 5.32. The molecule has 1 saturated carbocycles. The normalized spacial score (nSPS) is 24.1. The third-order valence-corrected chi connectivity index (χ3v) is 7.14. The van der Waals surface area contributed by atoms with Crippen LogP contribution in [0.2, 0.25) is 0 Å². The summed E-state index contributed by atoms with van der Waals surface area (Å²) in [5.41, 5.74) is 3.85. The van der Waals surface area contributed by atoms with Crippen LogP contribution in [0.4, 0.5) is 10.5 Å². The van der Waals surface area contributed by atoms with E-state index in [9.17, 15) is 9.59 Å². The van der Waals surface area contributed by atoms with Crippen LogP contribution in [0.15, 0.2) is 18.2 Å². The first-order valence-corrected chi connectivity index (χ1v) is 11.6. The quantitative estimate of drug-likeness (QED) is 0.691. The molecule has 0 bridgehead atoms. The van der Waals surface area contributed by atoms with E-state index in [2.05, 4.69) is 28.4 Å². The molecule has 2 heterocycles. The lowest BCUT2D eigenvalue weighted by Gasteiger charge is -2.42. The monoisotopic (exact) mass is 449 g/mol. The molecule has 7 heteroatoms. The molecule has 31 heavy (non-hydrogen) atoms. The van der Waals surface area contributed by atoms with E-state index in [-0.39, 0.29) is 24.4 Å². The molecule has 0 aromatic heterocycles. The largest absolute Gasteiger partial charge is 0.469 e. The number of ether oxygens (including phenoxy) is 1. The average Bonchev–Trinajstić information content (AvgIpc) is 3.03. The molecule has 2 amide bonds. The van der Waals surface area contributed by atoms with E-state index >= 15 is 0 Å². The molecule has 1 aromatic carbocycles. The topological polar surface area (TPSA) is 61.9 Å². The zero-order valence-electron chi connectivity index (χ0n) is 18.6. The van der Waals surface area contributed by atoms with Crippen molar-refractivity contribution >= 4 is 30.1 Å². The van der Waals surface area contributed by atoms with Crippen LogP contribution in [0.5, 0.6) is 0 Å². The number of anilines is 1. The summed E-state index contributed by atoms with van der Waals surface area (Å²) < 4.78 is 4.77. The molecule has 3 aliphatic rings. The third-order valence-electron chi connectivity index (χ3n) is 7.14. The fourth-order valence-electron chi connectivity index (χ4n) is 5.32. The molecule has 0 atom stereocenters. The number of nitrogens with one attached hydrogen (secondary N) is 1. The predicted molar refractivity (Wildman–Crippen MR) is 125 cm³/mol. The average molecular weight is 450 g/mol. The smallest absolute Gasteiger partial charge is 0.324 e. The van der Waals surface area contributed by atoms with Gasteiger partial charge in [0.1, 0.15) is 0 Å². The van der Waals surface area contributed by atoms with Crippen LogP contribution in [0.25, 0.3) is 0 Å². The van der Waals surface area contributed by atoms with Gasteiger partial charge in [0.15, 0.2) is 0 Å². The van der Waals surface area contributed by atoms with E-state index < -0.39 is 0 Å². The van der Waals surface area contributed by atoms with Crippen LogP contribution in [-0.4, -0.2) is 56.2 Å². The highest BCUT2D eigenvalue weighted by Crippen LogP contribution is 2.33. The van der Waals surface area contributed by atoms with Crippen LogP contribution in [-0.2, 0) is 22.4 Å². The molecule has 2 aliphatic heterocycles. The summed E-state index contributed by atoms with van der Waals surface area (Å²) in [5, 5.41) is 3.46. The molecule has 172 valence electrons. The van der Waals surface area contributed by atoms with Crippen molar-refractivity contribution in [2.45, 2.75) is 63.8 Å². The minimum Gasteiger partial charge on any atom is -0.469 e. The third kappa shape index (κ3) is 5.72. The number of fused-ring (bicyclic) bond motifs is 1. The van der Waals surface area contributed by atoms with Crippen molar-refractivity contribution in [3.05, 3.63) is 29.3 Å². The Morgan fingerprint density at radius 2 is 1.84 bits per heavy atom. The summed E-state index contributed by atoms with van der Waals surface area (Å²) in [6, 6.07) is 7.10. The summed E-state index contributed by atoms with van der Waals surface area (Å²) in [5.74, 6) is 0.463. The molecular weight excluding hydrogens is 414 g/mol. The van der Waals surface area contributed by atoms with Crippen LogP contribution < -0.4 is 10.2 Å². The number of urea groups is 1. The zero-order valence-corrected chi connectivity index (χ0v) is 19.4. The number of amides is 2. The molecule has 0 spiro atoms. The highest BCUT2D eigenvalue weighted by molar-refractivity contribution is 5.93. The number of rotatable bonds is 5. The maximum atomic E-state index is 13.4. The highest BCUT2D eigenvalue weighted by atomic mass is 35.5. The molecule has 2 fully saturated rings. The number of hydrogen-bond acceptors (Lipinski definition) is 4. The van der Waals surface area contributed by atoms with Gasteiger partial charge in [-0.25, -0.2) is 4.79 Å². The van der Waals surface area contributed by atoms with E-state index in [1.54, 1.807) is 0 Å². The Morgan fingerprint density at radius 1 is 1.10 bits per heavy atom. The maximum Gasteiger partial charge on any atom is 0.324 e. The van der Waals surface area contributed by atoms with Crippen molar-refractivity contribution in [3.63, 3.8) is 0 Å². The summed E-state index contributed by atoms with van der Waals surface area (Å²) in [6.45, 7) is 3.71. The Kier molecular flexibility index (Phi) is 8.61. The first-order valence-electron chi connectivity index (χ1n) is 11.6. The molecule has 0 unspecified atom stereocenters. The standard InChI is InChI=1S/C24H35N3O3.ClH/c1-30-23(28)10-5-18-3-7-21(8-4-18)26-15-2-16-27(24(26)29)22-9-6-19-11-13-25-14-12-20(19)17-22;/h6,9,17-18,21,25H,2-5,7-8,10-16H2,1H3;1H/t18-,21-;. The van der Waals surface area contributed by atoms with Crippen molar-refractivity contribution in [2.24, 2.45) is 5.92 Å². The molecular formula is C24H36ClN3O3. The Hall–Kier alpha value is -1.79. The fraction of sp³-hybridized carbons (Fsp3) is 0.667. The van der Waals surface area contributed by atoms with E-state index in [1.165, 1.54) is 18.2 Å². The summed E-state index contributed by atoms with van der Waals surface area (Å²) >= 11 is 0. The van der Waals surface area contributed by atoms with Gasteiger partial charge < -0.3 is 15.0 Å². The number of hydrogen-bond donors (Lipinski definition) is 1. The molecule has 1 aromatic rings. The number of benzene rings is 1. The zero-order chi connectivity index (χ0) is 20.9. The second-order valence-corrected chi connectivity index (χ2v) is 8.97. The van der Waals surface area contributed by atoms with Gasteiger partial charge >= 0.3 is 12.0 Å². The van der Waals surface area contributed by atoms with Gasteiger partial charge in [-0.2, -0.15) is 0 Å². The van der Waals surface area contributed by atoms with Crippen molar-refractivity contribution in [2.75, 3.05) is 38.2 Å². The Bertz CT molecular complexity index is 764. The minimum absolute atomic E-state index is 0. The van der Waals surface area contributed by atoms with Crippen molar-refractivity contribution in [3.8, 4) is 0 Å². The number of carbonyl (C=O) groups excluding carboxylic acids is 2. The molecule has 4 rings (SSSR count). The molecule has 0 radical (unpaired) electrons. The van der Waals surface area contributed by atoms with Gasteiger partial charge in [-0.05, 0) is 93.6 Å². The first kappa shape index (κ1) is 23.9. The molecule has 1 saturated heterocycles. The SMILES string of the molecule is COC(=O)CC[C@H]1CC[C@H](N2CCCN(c3ccc4c(c3)CCNCC4)C2=O)CC1.Cl. The molecule has 1 aliphatic carbocycles. The van der Waals surface area contributed by atoms with Crippen molar-refractivity contribution in [1.29, 1.82) is 0 Å². The second-order valence-electron chi connectivity index (χ2n) is 8.97. The van der Waals surface area contributed by atoms with E-state index in [0.29, 0.717) is 18.4 Å². The lowest BCUT2D eigenvalue weighted by molar-refractivity contribution is -0.141. The first-order chi connectivity index (χ1) is 14.7. The Labute approximate surface area is 192 Å². The van der Waals surface area contributed by atoms with Crippen LogP contribution in [0, 0.1) is 5.92 Å². The minimum atomic E-state index is -0.115. The maximum absolute atomic E-state index is 13.4. The van der Waals surface area contributed by atoms with Gasteiger partial charge in [-0.15, -0.1) is 12.4 Å². The van der Waals surface area contributed by atoms with E-state index in [1.807, 2.05) is 4.90 Å². The van der Waals surface area contributed by atoms with Gasteiger partial charge in [0.05, 0.1) is 7.11 Å². The number of halogens is 1. The second kappa shape index (κ2) is 11.2. The number of carbonyl (C=O) groups is 2. The Balaban J connectivity index is 0.00000272. The highest BCUT2D eigenvalue weighted by Gasteiger charge is 2.34. The van der Waals surface area contributed by atoms with Crippen molar-refractivity contribution < 1.29 is 14.3 Å². The molecule has 1 N–H and O–H groups in total. The van der Waals surface area contributed by atoms with Gasteiger partial charge in [-0.1, -0.05) is 6.07 Å². The van der Waals surface area contributed by atoms with E-state index in [0.717, 1.165) is 83.2 Å². The van der Waals surface area contributed by atoms with Crippen LogP contribution in [0.3, 0.4) is 0 Å². The summed E-state index contributed by atoms with van der Waals surface area (Å²) in [6.07, 6.45) is 8.81.